The van der Waals surface area contributed by atoms with Gasteiger partial charge in [-0.15, -0.1) is 5.10 Å². The minimum atomic E-state index is -0.812. The SMILES string of the molecule is C=C(C)C(=O)NC1=NN(c2ccccc2)C(=O)C1n1cccn1. The Hall–Kier alpha value is -3.22. The molecule has 1 N–H and O–H groups in total. The van der Waals surface area contributed by atoms with Crippen molar-refractivity contribution in [2.75, 3.05) is 5.01 Å². The molecule has 1 aromatic carbocycles. The van der Waals surface area contributed by atoms with Crippen molar-refractivity contribution in [3.63, 3.8) is 0 Å². The van der Waals surface area contributed by atoms with Gasteiger partial charge in [0.25, 0.3) is 11.8 Å². The summed E-state index contributed by atoms with van der Waals surface area (Å²) in [5.41, 5.74) is 0.951. The summed E-state index contributed by atoms with van der Waals surface area (Å²) in [6, 6.07) is 9.90. The Labute approximate surface area is 132 Å². The zero-order valence-electron chi connectivity index (χ0n) is 12.5. The molecule has 2 aromatic rings. The molecule has 0 saturated carbocycles. The summed E-state index contributed by atoms with van der Waals surface area (Å²) in [6.45, 7) is 5.18. The molecule has 116 valence electrons. The maximum absolute atomic E-state index is 12.7. The summed E-state index contributed by atoms with van der Waals surface area (Å²) in [5, 5.41) is 12.3. The number of para-hydroxylation sites is 1. The van der Waals surface area contributed by atoms with E-state index in [1.165, 1.54) is 9.69 Å². The first kappa shape index (κ1) is 14.7. The molecule has 0 spiro atoms. The number of nitrogens with zero attached hydrogens (tertiary/aromatic N) is 4. The monoisotopic (exact) mass is 309 g/mol. The molecule has 2 heterocycles. The first-order chi connectivity index (χ1) is 11.1. The third-order valence-corrected chi connectivity index (χ3v) is 3.33. The molecule has 2 amide bonds. The molecule has 3 rings (SSSR count). The fourth-order valence-corrected chi connectivity index (χ4v) is 2.19. The van der Waals surface area contributed by atoms with E-state index in [4.69, 9.17) is 0 Å². The Morgan fingerprint density at radius 1 is 1.26 bits per heavy atom. The van der Waals surface area contributed by atoms with Crippen molar-refractivity contribution in [3.05, 3.63) is 60.9 Å². The molecule has 1 aliphatic rings. The van der Waals surface area contributed by atoms with Crippen LogP contribution in [0.15, 0.2) is 66.0 Å². The van der Waals surface area contributed by atoms with Crippen molar-refractivity contribution in [3.8, 4) is 0 Å². The third-order valence-electron chi connectivity index (χ3n) is 3.33. The second-order valence-corrected chi connectivity index (χ2v) is 5.09. The van der Waals surface area contributed by atoms with Gasteiger partial charge in [-0.2, -0.15) is 10.1 Å². The van der Waals surface area contributed by atoms with Crippen LogP contribution in [0, 0.1) is 0 Å². The highest BCUT2D eigenvalue weighted by Gasteiger charge is 2.39. The van der Waals surface area contributed by atoms with E-state index in [9.17, 15) is 9.59 Å². The number of hydrogen-bond donors (Lipinski definition) is 1. The summed E-state index contributed by atoms with van der Waals surface area (Å²) < 4.78 is 1.46. The molecule has 0 aliphatic carbocycles. The molecular weight excluding hydrogens is 294 g/mol. The normalized spacial score (nSPS) is 17.1. The van der Waals surface area contributed by atoms with Crippen LogP contribution in [-0.4, -0.2) is 27.4 Å². The van der Waals surface area contributed by atoms with E-state index in [1.54, 1.807) is 37.5 Å². The second kappa shape index (κ2) is 5.88. The standard InChI is InChI=1S/C16H15N5O2/c1-11(2)15(22)18-14-13(20-10-6-9-17-20)16(23)21(19-14)12-7-4-3-5-8-12/h3-10,13H,1H2,2H3,(H,18,19,22). The minimum Gasteiger partial charge on any atom is -0.307 e. The van der Waals surface area contributed by atoms with Gasteiger partial charge in [0.05, 0.1) is 5.69 Å². The van der Waals surface area contributed by atoms with Crippen LogP contribution < -0.4 is 10.3 Å². The van der Waals surface area contributed by atoms with Gasteiger partial charge >= 0.3 is 0 Å². The van der Waals surface area contributed by atoms with Gasteiger partial charge in [0.15, 0.2) is 11.9 Å². The van der Waals surface area contributed by atoms with Crippen LogP contribution in [0.5, 0.6) is 0 Å². The number of hydrogen-bond acceptors (Lipinski definition) is 4. The molecule has 23 heavy (non-hydrogen) atoms. The van der Waals surface area contributed by atoms with Gasteiger partial charge in [-0.3, -0.25) is 14.3 Å². The molecule has 7 heteroatoms. The topological polar surface area (TPSA) is 79.6 Å². The molecule has 1 unspecified atom stereocenters. The average molecular weight is 309 g/mol. The predicted octanol–water partition coefficient (Wildman–Crippen LogP) is 1.48. The molecule has 1 aliphatic heterocycles. The molecule has 1 atom stereocenters. The second-order valence-electron chi connectivity index (χ2n) is 5.09. The number of benzene rings is 1. The number of rotatable bonds is 3. The summed E-state index contributed by atoms with van der Waals surface area (Å²) >= 11 is 0. The van der Waals surface area contributed by atoms with Crippen molar-refractivity contribution in [1.29, 1.82) is 0 Å². The number of anilines is 1. The first-order valence-corrected chi connectivity index (χ1v) is 7.01. The van der Waals surface area contributed by atoms with E-state index in [1.807, 2.05) is 18.2 Å². The molecule has 1 aromatic heterocycles. The quantitative estimate of drug-likeness (QED) is 0.872. The van der Waals surface area contributed by atoms with E-state index in [2.05, 4.69) is 22.1 Å². The highest BCUT2D eigenvalue weighted by molar-refractivity contribution is 6.20. The Morgan fingerprint density at radius 3 is 2.61 bits per heavy atom. The summed E-state index contributed by atoms with van der Waals surface area (Å²) in [4.78, 5) is 24.7. The van der Waals surface area contributed by atoms with E-state index in [0.717, 1.165) is 0 Å². The van der Waals surface area contributed by atoms with Gasteiger partial charge in [-0.25, -0.2) is 0 Å². The van der Waals surface area contributed by atoms with Crippen LogP contribution in [0.4, 0.5) is 5.69 Å². The molecule has 0 bridgehead atoms. The van der Waals surface area contributed by atoms with Gasteiger partial charge < -0.3 is 5.32 Å². The van der Waals surface area contributed by atoms with Crippen molar-refractivity contribution in [2.45, 2.75) is 13.0 Å². The maximum atomic E-state index is 12.7. The summed E-state index contributed by atoms with van der Waals surface area (Å²) in [5.74, 6) is -0.462. The lowest BCUT2D eigenvalue weighted by molar-refractivity contribution is -0.119. The number of nitrogens with one attached hydrogen (secondary N) is 1. The van der Waals surface area contributed by atoms with E-state index < -0.39 is 6.04 Å². The van der Waals surface area contributed by atoms with Crippen LogP contribution >= 0.6 is 0 Å². The largest absolute Gasteiger partial charge is 0.307 e. The smallest absolute Gasteiger partial charge is 0.280 e. The molecule has 0 fully saturated rings. The van der Waals surface area contributed by atoms with Crippen LogP contribution in [0.3, 0.4) is 0 Å². The van der Waals surface area contributed by atoms with Crippen molar-refractivity contribution < 1.29 is 9.59 Å². The molecule has 7 nitrogen and oxygen atoms in total. The van der Waals surface area contributed by atoms with Gasteiger partial charge in [-0.05, 0) is 25.1 Å². The van der Waals surface area contributed by atoms with Crippen LogP contribution in [0.2, 0.25) is 0 Å². The van der Waals surface area contributed by atoms with Gasteiger partial charge in [-0.1, -0.05) is 24.8 Å². The van der Waals surface area contributed by atoms with E-state index in [-0.39, 0.29) is 17.6 Å². The third kappa shape index (κ3) is 2.76. The average Bonchev–Trinajstić information content (AvgIpc) is 3.16. The molecule has 0 saturated heterocycles. The van der Waals surface area contributed by atoms with Crippen molar-refractivity contribution in [2.24, 2.45) is 5.10 Å². The number of amides is 2. The van der Waals surface area contributed by atoms with Crippen LogP contribution in [0.1, 0.15) is 13.0 Å². The van der Waals surface area contributed by atoms with Crippen LogP contribution in [-0.2, 0) is 9.59 Å². The highest BCUT2D eigenvalue weighted by Crippen LogP contribution is 2.25. The summed E-state index contributed by atoms with van der Waals surface area (Å²) in [7, 11) is 0. The number of carbonyl (C=O) groups is 2. The Bertz CT molecular complexity index is 780. The Kier molecular flexibility index (Phi) is 3.76. The lowest BCUT2D eigenvalue weighted by Gasteiger charge is -2.14. The Balaban J connectivity index is 1.98. The number of amidine groups is 1. The van der Waals surface area contributed by atoms with Gasteiger partial charge in [0.2, 0.25) is 0 Å². The Morgan fingerprint density at radius 2 is 2.00 bits per heavy atom. The molecule has 0 radical (unpaired) electrons. The van der Waals surface area contributed by atoms with E-state index in [0.29, 0.717) is 11.3 Å². The maximum Gasteiger partial charge on any atom is 0.280 e. The van der Waals surface area contributed by atoms with Crippen LogP contribution in [0.25, 0.3) is 0 Å². The minimum absolute atomic E-state index is 0.218. The zero-order chi connectivity index (χ0) is 16.4. The fraction of sp³-hybridized carbons (Fsp3) is 0.125. The first-order valence-electron chi connectivity index (χ1n) is 7.01. The fourth-order valence-electron chi connectivity index (χ4n) is 2.19. The lowest BCUT2D eigenvalue weighted by Crippen LogP contribution is -2.38. The number of aromatic nitrogens is 2. The van der Waals surface area contributed by atoms with Crippen molar-refractivity contribution >= 4 is 23.3 Å². The van der Waals surface area contributed by atoms with Gasteiger partial charge in [0.1, 0.15) is 0 Å². The molecular formula is C16H15N5O2. The highest BCUT2D eigenvalue weighted by atomic mass is 16.2. The predicted molar refractivity (Wildman–Crippen MR) is 85.6 cm³/mol. The van der Waals surface area contributed by atoms with Gasteiger partial charge in [0, 0.05) is 18.0 Å². The lowest BCUT2D eigenvalue weighted by atomic mass is 10.2. The zero-order valence-corrected chi connectivity index (χ0v) is 12.5. The van der Waals surface area contributed by atoms with E-state index >= 15 is 0 Å². The summed E-state index contributed by atoms with van der Waals surface area (Å²) in [6.07, 6.45) is 3.22. The number of hydrazone groups is 1. The van der Waals surface area contributed by atoms with Crippen molar-refractivity contribution in [1.82, 2.24) is 15.1 Å². The number of carbonyl (C=O) groups excluding carboxylic acids is 2.